The number of nitrogens with zero attached hydrogens (tertiary/aromatic N) is 2. The van der Waals surface area contributed by atoms with Crippen molar-refractivity contribution in [3.8, 4) is 0 Å². The molecular weight excluding hydrogens is 356 g/mol. The van der Waals surface area contributed by atoms with Crippen LogP contribution in [-0.4, -0.2) is 21.1 Å². The third-order valence-electron chi connectivity index (χ3n) is 1.62. The summed E-state index contributed by atoms with van der Waals surface area (Å²) in [6.45, 7) is 5.17. The minimum atomic E-state index is -0.567. The summed E-state index contributed by atoms with van der Waals surface area (Å²) < 4.78 is 6.97. The lowest BCUT2D eigenvalue weighted by Gasteiger charge is -2.19. The standard InChI is InChI=1S/C10H12Br2N2O3/c1-10(2,3)17-7(15)5-14-4-6(11)13-8(12)9(14)16/h4H,5H2,1-3H3. The van der Waals surface area contributed by atoms with Gasteiger partial charge in [-0.2, -0.15) is 0 Å². The van der Waals surface area contributed by atoms with Crippen molar-refractivity contribution in [3.05, 3.63) is 25.8 Å². The maximum Gasteiger partial charge on any atom is 0.326 e. The maximum absolute atomic E-state index is 11.6. The Balaban J connectivity index is 2.89. The smallest absolute Gasteiger partial charge is 0.326 e. The topological polar surface area (TPSA) is 61.2 Å². The lowest BCUT2D eigenvalue weighted by molar-refractivity contribution is -0.155. The minimum absolute atomic E-state index is 0.143. The molecule has 94 valence electrons. The van der Waals surface area contributed by atoms with E-state index in [1.165, 1.54) is 10.8 Å². The molecule has 1 aromatic rings. The van der Waals surface area contributed by atoms with Gasteiger partial charge in [0, 0.05) is 6.20 Å². The van der Waals surface area contributed by atoms with E-state index in [4.69, 9.17) is 4.74 Å². The lowest BCUT2D eigenvalue weighted by atomic mass is 10.2. The second-order valence-electron chi connectivity index (χ2n) is 4.37. The highest BCUT2D eigenvalue weighted by Crippen LogP contribution is 2.10. The number of halogens is 2. The predicted molar refractivity (Wildman–Crippen MR) is 69.7 cm³/mol. The first kappa shape index (κ1) is 14.4. The van der Waals surface area contributed by atoms with Crippen molar-refractivity contribution in [1.29, 1.82) is 0 Å². The first-order chi connectivity index (χ1) is 7.69. The molecule has 1 heterocycles. The van der Waals surface area contributed by atoms with Gasteiger partial charge in [0.2, 0.25) is 0 Å². The molecule has 1 rings (SSSR count). The van der Waals surface area contributed by atoms with Crippen molar-refractivity contribution >= 4 is 37.8 Å². The van der Waals surface area contributed by atoms with Crippen LogP contribution in [0.15, 0.2) is 20.2 Å². The van der Waals surface area contributed by atoms with E-state index in [1.807, 2.05) is 0 Å². The largest absolute Gasteiger partial charge is 0.459 e. The third-order valence-corrected chi connectivity index (χ3v) is 2.52. The van der Waals surface area contributed by atoms with Gasteiger partial charge in [0.05, 0.1) is 0 Å². The Labute approximate surface area is 115 Å². The molecule has 17 heavy (non-hydrogen) atoms. The highest BCUT2D eigenvalue weighted by molar-refractivity contribution is 9.11. The first-order valence-corrected chi connectivity index (χ1v) is 6.42. The van der Waals surface area contributed by atoms with Gasteiger partial charge in [-0.3, -0.25) is 14.2 Å². The van der Waals surface area contributed by atoms with Gasteiger partial charge in [-0.25, -0.2) is 4.98 Å². The number of hydrogen-bond donors (Lipinski definition) is 0. The van der Waals surface area contributed by atoms with Gasteiger partial charge in [-0.1, -0.05) is 0 Å². The Morgan fingerprint density at radius 1 is 1.47 bits per heavy atom. The van der Waals surface area contributed by atoms with Gasteiger partial charge in [-0.05, 0) is 52.6 Å². The number of hydrogen-bond acceptors (Lipinski definition) is 4. The number of carbonyl (C=O) groups is 1. The zero-order chi connectivity index (χ0) is 13.2. The highest BCUT2D eigenvalue weighted by Gasteiger charge is 2.17. The Hall–Kier alpha value is -0.690. The average molecular weight is 368 g/mol. The molecule has 0 aliphatic carbocycles. The third kappa shape index (κ3) is 4.59. The van der Waals surface area contributed by atoms with Crippen LogP contribution in [0.1, 0.15) is 20.8 Å². The maximum atomic E-state index is 11.6. The molecule has 0 amide bonds. The summed E-state index contributed by atoms with van der Waals surface area (Å²) in [6, 6.07) is 0. The predicted octanol–water partition coefficient (Wildman–Crippen LogP) is 2.11. The van der Waals surface area contributed by atoms with Crippen LogP contribution in [0.2, 0.25) is 0 Å². The van der Waals surface area contributed by atoms with E-state index in [9.17, 15) is 9.59 Å². The van der Waals surface area contributed by atoms with Gasteiger partial charge in [0.15, 0.2) is 4.60 Å². The molecule has 0 N–H and O–H groups in total. The van der Waals surface area contributed by atoms with Crippen molar-refractivity contribution in [2.75, 3.05) is 0 Å². The normalized spacial score (nSPS) is 11.4. The molecule has 0 aliphatic heterocycles. The zero-order valence-corrected chi connectivity index (χ0v) is 12.8. The summed E-state index contributed by atoms with van der Waals surface area (Å²) in [7, 11) is 0. The molecule has 0 aliphatic rings. The summed E-state index contributed by atoms with van der Waals surface area (Å²) >= 11 is 6.17. The van der Waals surface area contributed by atoms with Crippen LogP contribution in [0.4, 0.5) is 0 Å². The van der Waals surface area contributed by atoms with Crippen LogP contribution in [0, 0.1) is 0 Å². The molecule has 0 radical (unpaired) electrons. The molecule has 0 saturated carbocycles. The van der Waals surface area contributed by atoms with E-state index in [2.05, 4.69) is 36.8 Å². The summed E-state index contributed by atoms with van der Waals surface area (Å²) in [5, 5.41) is 0. The van der Waals surface area contributed by atoms with Gasteiger partial charge in [-0.15, -0.1) is 0 Å². The zero-order valence-electron chi connectivity index (χ0n) is 9.66. The number of carbonyl (C=O) groups excluding carboxylic acids is 1. The van der Waals surface area contributed by atoms with Crippen LogP contribution < -0.4 is 5.56 Å². The quantitative estimate of drug-likeness (QED) is 0.751. The van der Waals surface area contributed by atoms with E-state index in [0.717, 1.165) is 0 Å². The van der Waals surface area contributed by atoms with E-state index in [0.29, 0.717) is 4.60 Å². The van der Waals surface area contributed by atoms with Crippen molar-refractivity contribution in [3.63, 3.8) is 0 Å². The Morgan fingerprint density at radius 3 is 2.59 bits per heavy atom. The SMILES string of the molecule is CC(C)(C)OC(=O)Cn1cc(Br)nc(Br)c1=O. The van der Waals surface area contributed by atoms with E-state index >= 15 is 0 Å². The minimum Gasteiger partial charge on any atom is -0.459 e. The van der Waals surface area contributed by atoms with Gasteiger partial charge in [0.25, 0.3) is 5.56 Å². The summed E-state index contributed by atoms with van der Waals surface area (Å²) in [5.74, 6) is -0.468. The summed E-state index contributed by atoms with van der Waals surface area (Å²) in [5.41, 5.74) is -0.943. The van der Waals surface area contributed by atoms with Crippen LogP contribution in [-0.2, 0) is 16.1 Å². The Bertz CT molecular complexity index is 491. The highest BCUT2D eigenvalue weighted by atomic mass is 79.9. The molecule has 5 nitrogen and oxygen atoms in total. The molecule has 0 saturated heterocycles. The monoisotopic (exact) mass is 366 g/mol. The number of aromatic nitrogens is 2. The second-order valence-corrected chi connectivity index (χ2v) is 5.94. The van der Waals surface area contributed by atoms with E-state index in [1.54, 1.807) is 20.8 Å². The molecule has 0 bridgehead atoms. The van der Waals surface area contributed by atoms with Crippen molar-refractivity contribution in [2.45, 2.75) is 32.9 Å². The summed E-state index contributed by atoms with van der Waals surface area (Å²) in [6.07, 6.45) is 1.44. The number of ether oxygens (including phenoxy) is 1. The fourth-order valence-corrected chi connectivity index (χ4v) is 2.19. The fraction of sp³-hybridized carbons (Fsp3) is 0.500. The van der Waals surface area contributed by atoms with Gasteiger partial charge >= 0.3 is 5.97 Å². The molecule has 7 heteroatoms. The average Bonchev–Trinajstić information content (AvgIpc) is 2.10. The lowest BCUT2D eigenvalue weighted by Crippen LogP contribution is -2.31. The van der Waals surface area contributed by atoms with Crippen LogP contribution >= 0.6 is 31.9 Å². The van der Waals surface area contributed by atoms with E-state index < -0.39 is 11.6 Å². The van der Waals surface area contributed by atoms with Gasteiger partial charge < -0.3 is 4.74 Å². The van der Waals surface area contributed by atoms with Crippen LogP contribution in [0.25, 0.3) is 0 Å². The van der Waals surface area contributed by atoms with Gasteiger partial charge in [0.1, 0.15) is 16.7 Å². The summed E-state index contributed by atoms with van der Waals surface area (Å²) in [4.78, 5) is 27.1. The molecular formula is C10H12Br2N2O3. The van der Waals surface area contributed by atoms with E-state index in [-0.39, 0.29) is 16.7 Å². The number of rotatable bonds is 2. The van der Waals surface area contributed by atoms with Crippen LogP contribution in [0.3, 0.4) is 0 Å². The van der Waals surface area contributed by atoms with Crippen LogP contribution in [0.5, 0.6) is 0 Å². The molecule has 0 unspecified atom stereocenters. The first-order valence-electron chi connectivity index (χ1n) is 4.83. The Kier molecular flexibility index (Phi) is 4.48. The molecule has 0 fully saturated rings. The van der Waals surface area contributed by atoms with Crippen molar-refractivity contribution in [1.82, 2.24) is 9.55 Å². The molecule has 0 spiro atoms. The molecule has 1 aromatic heterocycles. The second kappa shape index (κ2) is 5.30. The fourth-order valence-electron chi connectivity index (χ4n) is 1.11. The Morgan fingerprint density at radius 2 is 2.06 bits per heavy atom. The molecule has 0 atom stereocenters. The van der Waals surface area contributed by atoms with Crippen molar-refractivity contribution < 1.29 is 9.53 Å². The number of esters is 1. The van der Waals surface area contributed by atoms with Crippen molar-refractivity contribution in [2.24, 2.45) is 0 Å². The molecule has 0 aromatic carbocycles.